The van der Waals surface area contributed by atoms with Gasteiger partial charge in [-0.3, -0.25) is 20.0 Å². The third-order valence-corrected chi connectivity index (χ3v) is 2.92. The summed E-state index contributed by atoms with van der Waals surface area (Å²) in [7, 11) is 0. The third kappa shape index (κ3) is 3.96. The zero-order valence-electron chi connectivity index (χ0n) is 10.7. The van der Waals surface area contributed by atoms with Gasteiger partial charge in [-0.05, 0) is 6.42 Å². The number of carbonyl (C=O) groups is 1. The summed E-state index contributed by atoms with van der Waals surface area (Å²) in [6, 6.07) is 1.10. The number of aromatic nitrogens is 4. The van der Waals surface area contributed by atoms with E-state index in [9.17, 15) is 14.9 Å². The first-order valence-corrected chi connectivity index (χ1v) is 6.38. The van der Waals surface area contributed by atoms with Crippen LogP contribution in [0.1, 0.15) is 22.6 Å². The molecule has 21 heavy (non-hydrogen) atoms. The zero-order chi connectivity index (χ0) is 15.2. The molecule has 0 saturated heterocycles. The standard InChI is InChI=1S/C11H11ClN6O3/c12-10-8(4-7(5-14-10)18(20)21)11(19)13-3-1-2-9-15-6-16-17-9/h4-6H,1-3H2,(H,13,19)(H,15,16,17). The molecule has 0 spiro atoms. The minimum absolute atomic E-state index is 0.0227. The fourth-order valence-electron chi connectivity index (χ4n) is 1.60. The van der Waals surface area contributed by atoms with Gasteiger partial charge in [0.1, 0.15) is 23.5 Å². The van der Waals surface area contributed by atoms with Crippen molar-refractivity contribution >= 4 is 23.2 Å². The van der Waals surface area contributed by atoms with E-state index in [-0.39, 0.29) is 16.4 Å². The normalized spacial score (nSPS) is 10.3. The molecule has 1 amide bonds. The number of pyridine rings is 1. The Labute approximate surface area is 123 Å². The average Bonchev–Trinajstić information content (AvgIpc) is 2.96. The number of H-pyrrole nitrogens is 1. The van der Waals surface area contributed by atoms with Crippen molar-refractivity contribution in [2.75, 3.05) is 6.54 Å². The predicted molar refractivity (Wildman–Crippen MR) is 72.9 cm³/mol. The van der Waals surface area contributed by atoms with Crippen molar-refractivity contribution in [3.63, 3.8) is 0 Å². The largest absolute Gasteiger partial charge is 0.352 e. The van der Waals surface area contributed by atoms with Crippen molar-refractivity contribution in [2.45, 2.75) is 12.8 Å². The van der Waals surface area contributed by atoms with Crippen molar-refractivity contribution < 1.29 is 9.72 Å². The molecule has 0 bridgehead atoms. The molecule has 0 aliphatic carbocycles. The van der Waals surface area contributed by atoms with E-state index >= 15 is 0 Å². The second-order valence-electron chi connectivity index (χ2n) is 4.08. The molecule has 0 aliphatic heterocycles. The van der Waals surface area contributed by atoms with E-state index in [0.29, 0.717) is 19.4 Å². The summed E-state index contributed by atoms with van der Waals surface area (Å²) in [5, 5.41) is 19.6. The number of nitro groups is 1. The molecule has 0 aliphatic rings. The molecule has 0 fully saturated rings. The van der Waals surface area contributed by atoms with E-state index < -0.39 is 10.8 Å². The number of rotatable bonds is 6. The van der Waals surface area contributed by atoms with E-state index in [0.717, 1.165) is 18.1 Å². The van der Waals surface area contributed by atoms with Crippen molar-refractivity contribution in [1.29, 1.82) is 0 Å². The summed E-state index contributed by atoms with van der Waals surface area (Å²) < 4.78 is 0. The molecule has 0 atom stereocenters. The highest BCUT2D eigenvalue weighted by Gasteiger charge is 2.16. The number of hydrogen-bond acceptors (Lipinski definition) is 6. The van der Waals surface area contributed by atoms with Crippen LogP contribution in [0.25, 0.3) is 0 Å². The van der Waals surface area contributed by atoms with E-state index in [2.05, 4.69) is 25.5 Å². The molecular formula is C11H11ClN6O3. The fourth-order valence-corrected chi connectivity index (χ4v) is 1.79. The molecule has 0 radical (unpaired) electrons. The molecule has 0 aromatic carbocycles. The number of halogens is 1. The summed E-state index contributed by atoms with van der Waals surface area (Å²) >= 11 is 5.77. The molecule has 110 valence electrons. The lowest BCUT2D eigenvalue weighted by atomic mass is 10.2. The van der Waals surface area contributed by atoms with Crippen LogP contribution >= 0.6 is 11.6 Å². The lowest BCUT2D eigenvalue weighted by molar-refractivity contribution is -0.385. The van der Waals surface area contributed by atoms with Crippen LogP contribution in [0.3, 0.4) is 0 Å². The van der Waals surface area contributed by atoms with Gasteiger partial charge in [-0.25, -0.2) is 9.97 Å². The van der Waals surface area contributed by atoms with Gasteiger partial charge in [0.2, 0.25) is 0 Å². The quantitative estimate of drug-likeness (QED) is 0.356. The second-order valence-corrected chi connectivity index (χ2v) is 4.44. The van der Waals surface area contributed by atoms with E-state index in [1.807, 2.05) is 0 Å². The van der Waals surface area contributed by atoms with Crippen LogP contribution in [0.5, 0.6) is 0 Å². The van der Waals surface area contributed by atoms with Crippen LogP contribution in [-0.4, -0.2) is 37.5 Å². The molecular weight excluding hydrogens is 300 g/mol. The van der Waals surface area contributed by atoms with Gasteiger partial charge >= 0.3 is 0 Å². The number of nitrogens with zero attached hydrogens (tertiary/aromatic N) is 4. The fraction of sp³-hybridized carbons (Fsp3) is 0.273. The second kappa shape index (κ2) is 6.75. The summed E-state index contributed by atoms with van der Waals surface area (Å²) in [5.74, 6) is 0.216. The topological polar surface area (TPSA) is 127 Å². The number of amides is 1. The number of aryl methyl sites for hydroxylation is 1. The van der Waals surface area contributed by atoms with Crippen molar-refractivity contribution in [3.05, 3.63) is 45.2 Å². The first-order chi connectivity index (χ1) is 10.1. The molecule has 2 aromatic heterocycles. The first-order valence-electron chi connectivity index (χ1n) is 6.00. The van der Waals surface area contributed by atoms with Gasteiger partial charge in [0.15, 0.2) is 0 Å². The summed E-state index contributed by atoms with van der Waals surface area (Å²) in [6.45, 7) is 0.374. The Balaban J connectivity index is 1.90. The number of hydrogen-bond donors (Lipinski definition) is 2. The summed E-state index contributed by atoms with van der Waals surface area (Å²) in [5.41, 5.74) is -0.309. The molecule has 2 heterocycles. The maximum atomic E-state index is 11.9. The smallest absolute Gasteiger partial charge is 0.288 e. The van der Waals surface area contributed by atoms with E-state index in [4.69, 9.17) is 11.6 Å². The SMILES string of the molecule is O=C(NCCCc1ncn[nH]1)c1cc([N+](=O)[O-])cnc1Cl. The van der Waals surface area contributed by atoms with Crippen molar-refractivity contribution in [3.8, 4) is 0 Å². The van der Waals surface area contributed by atoms with Crippen LogP contribution in [0.4, 0.5) is 5.69 Å². The van der Waals surface area contributed by atoms with E-state index in [1.54, 1.807) is 0 Å². The highest BCUT2D eigenvalue weighted by Crippen LogP contribution is 2.18. The Morgan fingerprint density at radius 1 is 1.48 bits per heavy atom. The number of nitrogens with one attached hydrogen (secondary N) is 2. The van der Waals surface area contributed by atoms with Crippen molar-refractivity contribution in [1.82, 2.24) is 25.5 Å². The van der Waals surface area contributed by atoms with Gasteiger partial charge in [-0.1, -0.05) is 11.6 Å². The van der Waals surface area contributed by atoms with Crippen LogP contribution in [-0.2, 0) is 6.42 Å². The van der Waals surface area contributed by atoms with Gasteiger partial charge in [0.25, 0.3) is 11.6 Å². The van der Waals surface area contributed by atoms with Crippen LogP contribution in [0, 0.1) is 10.1 Å². The van der Waals surface area contributed by atoms with Gasteiger partial charge < -0.3 is 5.32 Å². The molecule has 9 nitrogen and oxygen atoms in total. The Morgan fingerprint density at radius 3 is 2.95 bits per heavy atom. The Kier molecular flexibility index (Phi) is 4.77. The maximum absolute atomic E-state index is 11.9. The van der Waals surface area contributed by atoms with Gasteiger partial charge in [-0.15, -0.1) is 0 Å². The summed E-state index contributed by atoms with van der Waals surface area (Å²) in [4.78, 5) is 29.5. The Morgan fingerprint density at radius 2 is 2.29 bits per heavy atom. The van der Waals surface area contributed by atoms with Crippen LogP contribution < -0.4 is 5.32 Å². The van der Waals surface area contributed by atoms with Crippen LogP contribution in [0.15, 0.2) is 18.6 Å². The highest BCUT2D eigenvalue weighted by molar-refractivity contribution is 6.32. The maximum Gasteiger partial charge on any atom is 0.288 e. The minimum Gasteiger partial charge on any atom is -0.352 e. The molecule has 10 heteroatoms. The number of carbonyl (C=O) groups excluding carboxylic acids is 1. The van der Waals surface area contributed by atoms with Gasteiger partial charge in [0, 0.05) is 19.0 Å². The molecule has 0 unspecified atom stereocenters. The van der Waals surface area contributed by atoms with Crippen molar-refractivity contribution in [2.24, 2.45) is 0 Å². The van der Waals surface area contributed by atoms with E-state index in [1.165, 1.54) is 6.33 Å². The molecule has 2 rings (SSSR count). The Hall–Kier alpha value is -2.55. The van der Waals surface area contributed by atoms with Crippen LogP contribution in [0.2, 0.25) is 5.15 Å². The van der Waals surface area contributed by atoms with Gasteiger partial charge in [-0.2, -0.15) is 5.10 Å². The lowest BCUT2D eigenvalue weighted by Gasteiger charge is -2.05. The summed E-state index contributed by atoms with van der Waals surface area (Å²) in [6.07, 6.45) is 3.67. The Bertz CT molecular complexity index is 645. The molecule has 2 aromatic rings. The van der Waals surface area contributed by atoms with Gasteiger partial charge in [0.05, 0.1) is 10.5 Å². The minimum atomic E-state index is -0.635. The average molecular weight is 311 g/mol. The first kappa shape index (κ1) is 14.9. The monoisotopic (exact) mass is 310 g/mol. The zero-order valence-corrected chi connectivity index (χ0v) is 11.5. The third-order valence-electron chi connectivity index (χ3n) is 2.62. The molecule has 2 N–H and O–H groups in total. The highest BCUT2D eigenvalue weighted by atomic mass is 35.5. The predicted octanol–water partition coefficient (Wildman–Crippen LogP) is 1.12. The lowest BCUT2D eigenvalue weighted by Crippen LogP contribution is -2.25. The number of aromatic amines is 1. The molecule has 0 saturated carbocycles.